The maximum atomic E-state index is 12.9. The number of carboxylic acid groups (broad SMARTS) is 1. The highest BCUT2D eigenvalue weighted by Crippen LogP contribution is 2.16. The van der Waals surface area contributed by atoms with E-state index in [0.29, 0.717) is 24.1 Å². The van der Waals surface area contributed by atoms with Gasteiger partial charge in [-0.1, -0.05) is 30.3 Å². The molecule has 2 aromatic carbocycles. The molecule has 0 aliphatic carbocycles. The van der Waals surface area contributed by atoms with Crippen LogP contribution < -0.4 is 5.32 Å². The van der Waals surface area contributed by atoms with Gasteiger partial charge in [-0.25, -0.2) is 14.5 Å². The zero-order valence-corrected chi connectivity index (χ0v) is 19.5. The number of amides is 1. The number of benzene rings is 2. The normalized spacial score (nSPS) is 11.7. The Bertz CT molecular complexity index is 1360. The minimum Gasteiger partial charge on any atom is -0.475 e. The summed E-state index contributed by atoms with van der Waals surface area (Å²) in [6, 6.07) is 15.8. The van der Waals surface area contributed by atoms with E-state index in [9.17, 15) is 28.1 Å². The first-order valence-electron chi connectivity index (χ1n) is 10.9. The average molecular weight is 530 g/mol. The first kappa shape index (κ1) is 27.6. The van der Waals surface area contributed by atoms with Gasteiger partial charge in [-0.2, -0.15) is 18.3 Å². The summed E-state index contributed by atoms with van der Waals surface area (Å²) < 4.78 is 33.2. The number of non-ortho nitro benzene ring substituents is 1. The van der Waals surface area contributed by atoms with Crippen molar-refractivity contribution in [1.82, 2.24) is 25.1 Å². The molecule has 11 nitrogen and oxygen atoms in total. The zero-order chi connectivity index (χ0) is 27.7. The number of nitro benzene ring substituents is 1. The summed E-state index contributed by atoms with van der Waals surface area (Å²) in [7, 11) is 0. The summed E-state index contributed by atoms with van der Waals surface area (Å²) in [4.78, 5) is 39.3. The fourth-order valence-electron chi connectivity index (χ4n) is 3.31. The average Bonchev–Trinajstić information content (AvgIpc) is 3.57. The highest BCUT2D eigenvalue weighted by Gasteiger charge is 2.38. The Labute approximate surface area is 213 Å². The van der Waals surface area contributed by atoms with E-state index in [-0.39, 0.29) is 17.6 Å². The Morgan fingerprint density at radius 1 is 1.08 bits per heavy atom. The van der Waals surface area contributed by atoms with Gasteiger partial charge in [-0.3, -0.25) is 14.9 Å². The number of aromatic amines is 1. The predicted octanol–water partition coefficient (Wildman–Crippen LogP) is 3.72. The Morgan fingerprint density at radius 3 is 2.29 bits per heavy atom. The topological polar surface area (TPSA) is 156 Å². The van der Waals surface area contributed by atoms with Gasteiger partial charge in [0.2, 0.25) is 0 Å². The van der Waals surface area contributed by atoms with Gasteiger partial charge in [0, 0.05) is 42.7 Å². The van der Waals surface area contributed by atoms with Gasteiger partial charge in [0.15, 0.2) is 0 Å². The third kappa shape index (κ3) is 8.01. The smallest absolute Gasteiger partial charge is 0.475 e. The minimum absolute atomic E-state index is 0.00330. The molecular weight excluding hydrogens is 509 g/mol. The molecule has 1 unspecified atom stereocenters. The molecule has 14 heteroatoms. The number of imidazole rings is 1. The van der Waals surface area contributed by atoms with Crippen molar-refractivity contribution in [3.63, 3.8) is 0 Å². The summed E-state index contributed by atoms with van der Waals surface area (Å²) >= 11 is 0. The minimum atomic E-state index is -5.08. The summed E-state index contributed by atoms with van der Waals surface area (Å²) in [5.41, 5.74) is 3.08. The van der Waals surface area contributed by atoms with Crippen molar-refractivity contribution in [3.8, 4) is 5.69 Å². The summed E-state index contributed by atoms with van der Waals surface area (Å²) in [6.45, 7) is 0. The van der Waals surface area contributed by atoms with E-state index in [2.05, 4.69) is 20.4 Å². The Hall–Kier alpha value is -5.01. The van der Waals surface area contributed by atoms with Crippen LogP contribution in [0.15, 0.2) is 79.5 Å². The van der Waals surface area contributed by atoms with Gasteiger partial charge in [0.1, 0.15) is 0 Å². The van der Waals surface area contributed by atoms with Gasteiger partial charge in [0.05, 0.1) is 28.7 Å². The molecule has 3 N–H and O–H groups in total. The van der Waals surface area contributed by atoms with Crippen LogP contribution in [0.25, 0.3) is 5.69 Å². The van der Waals surface area contributed by atoms with E-state index in [4.69, 9.17) is 9.90 Å². The molecule has 38 heavy (non-hydrogen) atoms. The van der Waals surface area contributed by atoms with Gasteiger partial charge < -0.3 is 15.4 Å². The molecular formula is C24H21F3N6O5. The van der Waals surface area contributed by atoms with Gasteiger partial charge in [0.25, 0.3) is 11.6 Å². The van der Waals surface area contributed by atoms with E-state index >= 15 is 0 Å². The number of nitrogens with one attached hydrogen (secondary N) is 2. The highest BCUT2D eigenvalue weighted by atomic mass is 19.4. The number of nitro groups is 1. The van der Waals surface area contributed by atoms with Crippen LogP contribution in [0.1, 0.15) is 21.6 Å². The molecule has 4 rings (SSSR count). The number of carboxylic acids is 1. The third-order valence-corrected chi connectivity index (χ3v) is 5.09. The molecule has 0 fully saturated rings. The molecule has 0 spiro atoms. The van der Waals surface area contributed by atoms with E-state index in [1.54, 1.807) is 30.9 Å². The van der Waals surface area contributed by atoms with E-state index in [1.807, 2.05) is 30.3 Å². The summed E-state index contributed by atoms with van der Waals surface area (Å²) in [5, 5.41) is 25.2. The molecule has 1 atom stereocenters. The number of alkyl halides is 3. The van der Waals surface area contributed by atoms with Gasteiger partial charge >= 0.3 is 12.1 Å². The van der Waals surface area contributed by atoms with Crippen molar-refractivity contribution in [1.29, 1.82) is 0 Å². The van der Waals surface area contributed by atoms with Crippen molar-refractivity contribution in [2.24, 2.45) is 0 Å². The summed E-state index contributed by atoms with van der Waals surface area (Å²) in [6.07, 6.45) is 2.64. The molecule has 2 aromatic heterocycles. The lowest BCUT2D eigenvalue weighted by Gasteiger charge is -2.18. The van der Waals surface area contributed by atoms with Crippen molar-refractivity contribution in [2.45, 2.75) is 25.1 Å². The highest BCUT2D eigenvalue weighted by molar-refractivity contribution is 5.94. The van der Waals surface area contributed by atoms with Crippen molar-refractivity contribution >= 4 is 17.6 Å². The molecule has 0 saturated heterocycles. The molecule has 2 heterocycles. The standard InChI is InChI=1S/C22H20N6O3.C2HF3O2/c29-22(17-12-25-27(14-17)20-6-8-21(9-7-20)28(30)31)26-18(11-19-13-23-15-24-19)10-16-4-2-1-3-5-16;3-2(4,5)1(6)7/h1-9,12-15,18H,10-11H2,(H,23,24)(H,26,29);(H,6,7). The Kier molecular flexibility index (Phi) is 8.92. The largest absolute Gasteiger partial charge is 0.490 e. The molecule has 0 aliphatic rings. The number of hydrogen-bond acceptors (Lipinski definition) is 6. The lowest BCUT2D eigenvalue weighted by Crippen LogP contribution is -2.38. The number of aliphatic carboxylic acids is 1. The van der Waals surface area contributed by atoms with Crippen LogP contribution in [-0.2, 0) is 17.6 Å². The summed E-state index contributed by atoms with van der Waals surface area (Å²) in [5.74, 6) is -3.00. The Morgan fingerprint density at radius 2 is 1.74 bits per heavy atom. The van der Waals surface area contributed by atoms with Crippen LogP contribution in [-0.4, -0.2) is 53.9 Å². The number of rotatable bonds is 8. The van der Waals surface area contributed by atoms with Crippen LogP contribution in [0.3, 0.4) is 0 Å². The second-order valence-electron chi connectivity index (χ2n) is 7.89. The number of nitrogens with zero attached hydrogens (tertiary/aromatic N) is 4. The molecule has 198 valence electrons. The first-order chi connectivity index (χ1) is 18.0. The quantitative estimate of drug-likeness (QED) is 0.232. The fourth-order valence-corrected chi connectivity index (χ4v) is 3.31. The second kappa shape index (κ2) is 12.3. The number of aromatic nitrogens is 4. The van der Waals surface area contributed by atoms with Crippen LogP contribution in [0.2, 0.25) is 0 Å². The molecule has 1 amide bonds. The maximum absolute atomic E-state index is 12.9. The van der Waals surface area contributed by atoms with Crippen molar-refractivity contribution in [3.05, 3.63) is 106 Å². The molecule has 0 bridgehead atoms. The van der Waals surface area contributed by atoms with Gasteiger partial charge in [-0.15, -0.1) is 0 Å². The monoisotopic (exact) mass is 530 g/mol. The number of hydrogen-bond donors (Lipinski definition) is 3. The number of carbonyl (C=O) groups excluding carboxylic acids is 1. The van der Waals surface area contributed by atoms with E-state index < -0.39 is 17.1 Å². The van der Waals surface area contributed by atoms with Gasteiger partial charge in [-0.05, 0) is 24.1 Å². The van der Waals surface area contributed by atoms with Crippen LogP contribution in [0, 0.1) is 10.1 Å². The first-order valence-corrected chi connectivity index (χ1v) is 10.9. The lowest BCUT2D eigenvalue weighted by atomic mass is 10.0. The molecule has 0 radical (unpaired) electrons. The lowest BCUT2D eigenvalue weighted by molar-refractivity contribution is -0.384. The van der Waals surface area contributed by atoms with E-state index in [1.165, 1.54) is 23.0 Å². The van der Waals surface area contributed by atoms with Crippen molar-refractivity contribution in [2.75, 3.05) is 0 Å². The molecule has 0 aliphatic heterocycles. The SMILES string of the molecule is O=C(NC(Cc1ccccc1)Cc1cnc[nH]1)c1cnn(-c2ccc([N+](=O)[O-])cc2)c1.O=C(O)C(F)(F)F. The van der Waals surface area contributed by atoms with Crippen LogP contribution in [0.4, 0.5) is 18.9 Å². The maximum Gasteiger partial charge on any atom is 0.490 e. The van der Waals surface area contributed by atoms with E-state index in [0.717, 1.165) is 11.3 Å². The number of halogens is 3. The fraction of sp³-hybridized carbons (Fsp3) is 0.167. The molecule has 4 aromatic rings. The number of H-pyrrole nitrogens is 1. The van der Waals surface area contributed by atoms with Crippen LogP contribution in [0.5, 0.6) is 0 Å². The zero-order valence-electron chi connectivity index (χ0n) is 19.5. The second-order valence-corrected chi connectivity index (χ2v) is 7.89. The molecule has 0 saturated carbocycles. The Balaban J connectivity index is 0.000000505. The number of carbonyl (C=O) groups is 2. The van der Waals surface area contributed by atoms with Crippen LogP contribution >= 0.6 is 0 Å². The predicted molar refractivity (Wildman–Crippen MR) is 128 cm³/mol. The third-order valence-electron chi connectivity index (χ3n) is 5.09. The van der Waals surface area contributed by atoms with Crippen molar-refractivity contribution < 1.29 is 32.8 Å².